The molecule has 0 spiro atoms. The van der Waals surface area contributed by atoms with Gasteiger partial charge in [-0.05, 0) is 38.9 Å². The van der Waals surface area contributed by atoms with Crippen molar-refractivity contribution in [3.63, 3.8) is 0 Å². The number of rotatable bonds is 11. The fourth-order valence-corrected chi connectivity index (χ4v) is 3.47. The van der Waals surface area contributed by atoms with E-state index >= 15 is 0 Å². The molecule has 1 atom stereocenters. The summed E-state index contributed by atoms with van der Waals surface area (Å²) in [4.78, 5) is 18.8. The topological polar surface area (TPSA) is 87.2 Å². The Hall–Kier alpha value is -1.59. The van der Waals surface area contributed by atoms with E-state index in [0.717, 1.165) is 30.9 Å². The standard InChI is InChI=1S/C21H35N5O3.HI/c1-4-22-21(25-16-20(27)23-11-14-28-2)24-15-18(26-12-7-8-13-26)17-9-5-6-10-19(17)29-3;/h5-6,9-10,18H,4,7-8,11-16H2,1-3H3,(H,23,27)(H2,22,24,25);1H. The quantitative estimate of drug-likeness (QED) is 0.174. The molecule has 0 bridgehead atoms. The summed E-state index contributed by atoms with van der Waals surface area (Å²) in [5.74, 6) is 1.40. The number of guanidine groups is 1. The van der Waals surface area contributed by atoms with Crippen LogP contribution in [0, 0.1) is 0 Å². The minimum Gasteiger partial charge on any atom is -0.496 e. The van der Waals surface area contributed by atoms with Gasteiger partial charge in [0.2, 0.25) is 5.91 Å². The molecule has 1 aliphatic rings. The molecular weight excluding hydrogens is 497 g/mol. The first kappa shape index (κ1) is 26.4. The van der Waals surface area contributed by atoms with E-state index in [4.69, 9.17) is 9.47 Å². The summed E-state index contributed by atoms with van der Waals surface area (Å²) in [7, 11) is 3.32. The number of amides is 1. The zero-order valence-electron chi connectivity index (χ0n) is 18.3. The molecule has 0 aromatic heterocycles. The third-order valence-electron chi connectivity index (χ3n) is 4.90. The van der Waals surface area contributed by atoms with Crippen LogP contribution in [-0.4, -0.2) is 76.9 Å². The molecule has 1 amide bonds. The van der Waals surface area contributed by atoms with Gasteiger partial charge in [-0.1, -0.05) is 18.2 Å². The van der Waals surface area contributed by atoms with Crippen LogP contribution < -0.4 is 20.7 Å². The number of ether oxygens (including phenoxy) is 2. The molecule has 170 valence electrons. The van der Waals surface area contributed by atoms with Gasteiger partial charge in [0, 0.05) is 32.3 Å². The van der Waals surface area contributed by atoms with Crippen LogP contribution in [0.5, 0.6) is 5.75 Å². The van der Waals surface area contributed by atoms with Crippen molar-refractivity contribution in [2.45, 2.75) is 25.8 Å². The molecule has 1 saturated heterocycles. The normalized spacial score (nSPS) is 15.2. The van der Waals surface area contributed by atoms with Crippen LogP contribution >= 0.6 is 24.0 Å². The highest BCUT2D eigenvalue weighted by molar-refractivity contribution is 14.0. The summed E-state index contributed by atoms with van der Waals surface area (Å²) in [6, 6.07) is 8.33. The van der Waals surface area contributed by atoms with E-state index in [1.54, 1.807) is 14.2 Å². The molecule has 2 rings (SSSR count). The molecule has 1 heterocycles. The van der Waals surface area contributed by atoms with E-state index in [2.05, 4.69) is 31.9 Å². The van der Waals surface area contributed by atoms with Crippen molar-refractivity contribution in [1.82, 2.24) is 20.9 Å². The lowest BCUT2D eigenvalue weighted by atomic mass is 10.0. The van der Waals surface area contributed by atoms with Crippen molar-refractivity contribution in [2.24, 2.45) is 4.99 Å². The molecule has 8 nitrogen and oxygen atoms in total. The molecule has 1 aromatic carbocycles. The van der Waals surface area contributed by atoms with Gasteiger partial charge in [0.05, 0.1) is 19.8 Å². The first-order chi connectivity index (χ1) is 14.2. The van der Waals surface area contributed by atoms with Gasteiger partial charge < -0.3 is 25.4 Å². The second-order valence-electron chi connectivity index (χ2n) is 6.92. The monoisotopic (exact) mass is 533 g/mol. The maximum Gasteiger partial charge on any atom is 0.241 e. The first-order valence-corrected chi connectivity index (χ1v) is 10.3. The number of carbonyl (C=O) groups excluding carboxylic acids is 1. The molecular formula is C21H36IN5O3. The van der Waals surface area contributed by atoms with E-state index in [1.165, 1.54) is 12.8 Å². The van der Waals surface area contributed by atoms with Gasteiger partial charge >= 0.3 is 0 Å². The smallest absolute Gasteiger partial charge is 0.241 e. The van der Waals surface area contributed by atoms with Gasteiger partial charge in [-0.3, -0.25) is 9.69 Å². The predicted molar refractivity (Wildman–Crippen MR) is 131 cm³/mol. The van der Waals surface area contributed by atoms with Crippen LogP contribution in [0.1, 0.15) is 31.4 Å². The molecule has 0 aliphatic carbocycles. The number of methoxy groups -OCH3 is 2. The SMILES string of the molecule is CCNC(=NCC(=O)NCCOC)NCC(c1ccccc1OC)N1CCCC1.I. The molecule has 1 aromatic rings. The molecule has 3 N–H and O–H groups in total. The minimum absolute atomic E-state index is 0. The summed E-state index contributed by atoms with van der Waals surface area (Å²) in [5.41, 5.74) is 1.16. The minimum atomic E-state index is -0.125. The zero-order valence-corrected chi connectivity index (χ0v) is 20.6. The van der Waals surface area contributed by atoms with Crippen molar-refractivity contribution in [3.05, 3.63) is 29.8 Å². The fraction of sp³-hybridized carbons (Fsp3) is 0.619. The Morgan fingerprint density at radius 2 is 1.90 bits per heavy atom. The van der Waals surface area contributed by atoms with Crippen LogP contribution in [0.25, 0.3) is 0 Å². The van der Waals surface area contributed by atoms with E-state index in [9.17, 15) is 4.79 Å². The summed E-state index contributed by atoms with van der Waals surface area (Å²) in [6.07, 6.45) is 2.42. The second-order valence-corrected chi connectivity index (χ2v) is 6.92. The van der Waals surface area contributed by atoms with Gasteiger partial charge in [-0.2, -0.15) is 0 Å². The number of likely N-dealkylation sites (tertiary alicyclic amines) is 1. The number of para-hydroxylation sites is 1. The Bertz CT molecular complexity index is 653. The number of benzene rings is 1. The van der Waals surface area contributed by atoms with E-state index < -0.39 is 0 Å². The molecule has 0 saturated carbocycles. The molecule has 30 heavy (non-hydrogen) atoms. The van der Waals surface area contributed by atoms with Crippen LogP contribution in [0.4, 0.5) is 0 Å². The van der Waals surface area contributed by atoms with E-state index in [0.29, 0.717) is 25.7 Å². The number of hydrogen-bond acceptors (Lipinski definition) is 5. The first-order valence-electron chi connectivity index (χ1n) is 10.3. The Morgan fingerprint density at radius 1 is 1.17 bits per heavy atom. The second kappa shape index (κ2) is 15.2. The number of halogens is 1. The Morgan fingerprint density at radius 3 is 2.57 bits per heavy atom. The summed E-state index contributed by atoms with van der Waals surface area (Å²) < 4.78 is 10.5. The third-order valence-corrected chi connectivity index (χ3v) is 4.90. The van der Waals surface area contributed by atoms with Crippen LogP contribution in [-0.2, 0) is 9.53 Å². The van der Waals surface area contributed by atoms with Crippen molar-refractivity contribution in [3.8, 4) is 5.75 Å². The Kier molecular flexibility index (Phi) is 13.4. The number of carbonyl (C=O) groups is 1. The average molecular weight is 533 g/mol. The molecule has 9 heteroatoms. The van der Waals surface area contributed by atoms with E-state index in [1.807, 2.05) is 25.1 Å². The summed E-state index contributed by atoms with van der Waals surface area (Å²) in [6.45, 7) is 6.59. The maximum absolute atomic E-state index is 11.9. The van der Waals surface area contributed by atoms with Gasteiger partial charge in [-0.25, -0.2) is 4.99 Å². The molecule has 0 radical (unpaired) electrons. The van der Waals surface area contributed by atoms with Crippen molar-refractivity contribution < 1.29 is 14.3 Å². The van der Waals surface area contributed by atoms with E-state index in [-0.39, 0.29) is 42.5 Å². The zero-order chi connectivity index (χ0) is 20.9. The number of hydrogen-bond donors (Lipinski definition) is 3. The summed E-state index contributed by atoms with van der Waals surface area (Å²) in [5, 5.41) is 9.40. The third kappa shape index (κ3) is 8.65. The maximum atomic E-state index is 11.9. The molecule has 1 unspecified atom stereocenters. The summed E-state index contributed by atoms with van der Waals surface area (Å²) >= 11 is 0. The predicted octanol–water partition coefficient (Wildman–Crippen LogP) is 1.77. The van der Waals surface area contributed by atoms with Crippen LogP contribution in [0.15, 0.2) is 29.3 Å². The Balaban J connectivity index is 0.00000450. The van der Waals surface area contributed by atoms with Gasteiger partial charge in [0.15, 0.2) is 5.96 Å². The molecule has 1 fully saturated rings. The number of aliphatic imine (C=N–C) groups is 1. The van der Waals surface area contributed by atoms with Crippen LogP contribution in [0.2, 0.25) is 0 Å². The van der Waals surface area contributed by atoms with Crippen molar-refractivity contribution >= 4 is 35.8 Å². The van der Waals surface area contributed by atoms with Crippen LogP contribution in [0.3, 0.4) is 0 Å². The lowest BCUT2D eigenvalue weighted by Gasteiger charge is -2.30. The lowest BCUT2D eigenvalue weighted by Crippen LogP contribution is -2.43. The highest BCUT2D eigenvalue weighted by atomic mass is 127. The largest absolute Gasteiger partial charge is 0.496 e. The van der Waals surface area contributed by atoms with Gasteiger partial charge in [0.1, 0.15) is 12.3 Å². The average Bonchev–Trinajstić information content (AvgIpc) is 3.27. The molecule has 1 aliphatic heterocycles. The highest BCUT2D eigenvalue weighted by Gasteiger charge is 2.26. The van der Waals surface area contributed by atoms with Gasteiger partial charge in [-0.15, -0.1) is 24.0 Å². The lowest BCUT2D eigenvalue weighted by molar-refractivity contribution is -0.119. The number of nitrogens with one attached hydrogen (secondary N) is 3. The fourth-order valence-electron chi connectivity index (χ4n) is 3.47. The van der Waals surface area contributed by atoms with Crippen molar-refractivity contribution in [1.29, 1.82) is 0 Å². The van der Waals surface area contributed by atoms with Crippen molar-refractivity contribution in [2.75, 3.05) is 60.1 Å². The van der Waals surface area contributed by atoms with Gasteiger partial charge in [0.25, 0.3) is 0 Å². The highest BCUT2D eigenvalue weighted by Crippen LogP contribution is 2.31. The number of nitrogens with zero attached hydrogens (tertiary/aromatic N) is 2. The Labute approximate surface area is 197 Å².